The summed E-state index contributed by atoms with van der Waals surface area (Å²) < 4.78 is 4.76. The van der Waals surface area contributed by atoms with Gasteiger partial charge in [0.05, 0.1) is 24.1 Å². The lowest BCUT2D eigenvalue weighted by molar-refractivity contribution is 0.0600. The number of aromatic amines is 1. The second-order valence-corrected chi connectivity index (χ2v) is 9.16. The van der Waals surface area contributed by atoms with Gasteiger partial charge in [-0.15, -0.1) is 0 Å². The van der Waals surface area contributed by atoms with Crippen LogP contribution in [-0.2, 0) is 15.6 Å². The van der Waals surface area contributed by atoms with Crippen LogP contribution < -0.4 is 0 Å². The number of methoxy groups -OCH3 is 1. The highest BCUT2D eigenvalue weighted by atomic mass is 16.5. The average molecular weight is 389 g/mol. The van der Waals surface area contributed by atoms with Gasteiger partial charge in [0.25, 0.3) is 0 Å². The molecule has 4 heteroatoms. The zero-order chi connectivity index (χ0) is 21.0. The lowest BCUT2D eigenvalue weighted by Crippen LogP contribution is -2.30. The molecule has 1 unspecified atom stereocenters. The van der Waals surface area contributed by atoms with E-state index in [0.717, 1.165) is 22.5 Å². The quantitative estimate of drug-likeness (QED) is 0.583. The third kappa shape index (κ3) is 2.98. The van der Waals surface area contributed by atoms with Crippen molar-refractivity contribution in [2.24, 2.45) is 5.92 Å². The number of hydrogen-bond acceptors (Lipinski definition) is 3. The lowest BCUT2D eigenvalue weighted by Gasteiger charge is -2.32. The number of nitrogens with zero attached hydrogens (tertiary/aromatic N) is 1. The van der Waals surface area contributed by atoms with E-state index in [0.29, 0.717) is 11.5 Å². The SMILES string of the molecule is COC(=O)c1ccc(-c2cc(-c3ccc4c(c3)C(C)(C)C(C)C4(C)C)[nH]n2)cc1. The number of hydrogen-bond donors (Lipinski definition) is 1. The molecule has 0 fully saturated rings. The zero-order valence-electron chi connectivity index (χ0n) is 18.0. The van der Waals surface area contributed by atoms with E-state index in [1.165, 1.54) is 18.2 Å². The Bertz CT molecular complexity index is 1070. The van der Waals surface area contributed by atoms with Crippen LogP contribution in [0.1, 0.15) is 56.1 Å². The Balaban J connectivity index is 1.68. The first-order valence-corrected chi connectivity index (χ1v) is 10.1. The van der Waals surface area contributed by atoms with Gasteiger partial charge in [0, 0.05) is 5.56 Å². The van der Waals surface area contributed by atoms with Crippen LogP contribution >= 0.6 is 0 Å². The van der Waals surface area contributed by atoms with Gasteiger partial charge in [-0.2, -0.15) is 5.10 Å². The predicted molar refractivity (Wildman–Crippen MR) is 116 cm³/mol. The fraction of sp³-hybridized carbons (Fsp3) is 0.360. The largest absolute Gasteiger partial charge is 0.465 e. The molecule has 1 heterocycles. The molecule has 1 N–H and O–H groups in total. The fourth-order valence-electron chi connectivity index (χ4n) is 4.69. The van der Waals surface area contributed by atoms with Gasteiger partial charge in [0.15, 0.2) is 0 Å². The summed E-state index contributed by atoms with van der Waals surface area (Å²) >= 11 is 0. The number of carbonyl (C=O) groups excluding carboxylic acids is 1. The van der Waals surface area contributed by atoms with E-state index in [1.807, 2.05) is 12.1 Å². The molecule has 1 aromatic heterocycles. The van der Waals surface area contributed by atoms with Gasteiger partial charge in [0.1, 0.15) is 0 Å². The van der Waals surface area contributed by atoms with E-state index < -0.39 is 0 Å². The molecular formula is C25H28N2O2. The van der Waals surface area contributed by atoms with Crippen LogP contribution in [0.5, 0.6) is 0 Å². The number of ether oxygens (including phenoxy) is 1. The standard InChI is InChI=1S/C25H28N2O2/c1-15-24(2,3)19-12-11-18(13-20(19)25(15,4)5)22-14-21(26-27-22)16-7-9-17(10-8-16)23(28)29-6/h7-15H,1-6H3,(H,26,27). The van der Waals surface area contributed by atoms with Gasteiger partial charge < -0.3 is 4.74 Å². The Labute approximate surface area is 172 Å². The highest BCUT2D eigenvalue weighted by molar-refractivity contribution is 5.89. The zero-order valence-corrected chi connectivity index (χ0v) is 18.0. The Morgan fingerprint density at radius 3 is 2.21 bits per heavy atom. The molecule has 150 valence electrons. The molecule has 1 aliphatic rings. The van der Waals surface area contributed by atoms with Crippen molar-refractivity contribution >= 4 is 5.97 Å². The molecule has 1 atom stereocenters. The van der Waals surface area contributed by atoms with E-state index in [1.54, 1.807) is 12.1 Å². The molecule has 0 radical (unpaired) electrons. The maximum absolute atomic E-state index is 11.6. The second-order valence-electron chi connectivity index (χ2n) is 9.16. The highest BCUT2D eigenvalue weighted by Gasteiger charge is 2.48. The van der Waals surface area contributed by atoms with Crippen molar-refractivity contribution in [2.75, 3.05) is 7.11 Å². The van der Waals surface area contributed by atoms with Crippen molar-refractivity contribution in [3.63, 3.8) is 0 Å². The van der Waals surface area contributed by atoms with Crippen LogP contribution in [-0.4, -0.2) is 23.3 Å². The van der Waals surface area contributed by atoms with Crippen molar-refractivity contribution < 1.29 is 9.53 Å². The number of benzene rings is 2. The topological polar surface area (TPSA) is 55.0 Å². The summed E-state index contributed by atoms with van der Waals surface area (Å²) in [6, 6.07) is 16.1. The van der Waals surface area contributed by atoms with Crippen molar-refractivity contribution in [1.29, 1.82) is 0 Å². The summed E-state index contributed by atoms with van der Waals surface area (Å²) in [6.07, 6.45) is 0. The lowest BCUT2D eigenvalue weighted by atomic mass is 9.71. The first-order chi connectivity index (χ1) is 13.7. The third-order valence-electron chi connectivity index (χ3n) is 7.06. The molecule has 0 aliphatic heterocycles. The van der Waals surface area contributed by atoms with Crippen molar-refractivity contribution in [2.45, 2.75) is 45.4 Å². The summed E-state index contributed by atoms with van der Waals surface area (Å²) in [5.41, 5.74) is 7.63. The molecule has 1 aliphatic carbocycles. The maximum atomic E-state index is 11.6. The average Bonchev–Trinajstić information content (AvgIpc) is 3.26. The van der Waals surface area contributed by atoms with E-state index in [-0.39, 0.29) is 16.8 Å². The number of fused-ring (bicyclic) bond motifs is 1. The number of carbonyl (C=O) groups is 1. The summed E-state index contributed by atoms with van der Waals surface area (Å²) in [6.45, 7) is 11.7. The summed E-state index contributed by atoms with van der Waals surface area (Å²) in [4.78, 5) is 11.6. The van der Waals surface area contributed by atoms with Gasteiger partial charge >= 0.3 is 5.97 Å². The fourth-order valence-corrected chi connectivity index (χ4v) is 4.69. The number of aromatic nitrogens is 2. The van der Waals surface area contributed by atoms with Gasteiger partial charge in [-0.05, 0) is 57.7 Å². The predicted octanol–water partition coefficient (Wildman–Crippen LogP) is 5.74. The first-order valence-electron chi connectivity index (χ1n) is 10.1. The molecule has 29 heavy (non-hydrogen) atoms. The smallest absolute Gasteiger partial charge is 0.337 e. The summed E-state index contributed by atoms with van der Waals surface area (Å²) in [5.74, 6) is 0.225. The Morgan fingerprint density at radius 2 is 1.55 bits per heavy atom. The molecule has 0 amide bonds. The van der Waals surface area contributed by atoms with Gasteiger partial charge in [-0.3, -0.25) is 5.10 Å². The number of nitrogens with one attached hydrogen (secondary N) is 1. The second kappa shape index (κ2) is 6.58. The van der Waals surface area contributed by atoms with E-state index in [9.17, 15) is 4.79 Å². The minimum absolute atomic E-state index is 0.126. The number of H-pyrrole nitrogens is 1. The van der Waals surface area contributed by atoms with E-state index in [2.05, 4.69) is 69.1 Å². The van der Waals surface area contributed by atoms with Crippen LogP contribution in [0.15, 0.2) is 48.5 Å². The normalized spacial score (nSPS) is 19.0. The molecular weight excluding hydrogens is 360 g/mol. The number of rotatable bonds is 3. The molecule has 4 rings (SSSR count). The van der Waals surface area contributed by atoms with E-state index in [4.69, 9.17) is 4.74 Å². The molecule has 2 aromatic carbocycles. The van der Waals surface area contributed by atoms with Crippen molar-refractivity contribution in [1.82, 2.24) is 10.2 Å². The Kier molecular flexibility index (Phi) is 4.41. The minimum Gasteiger partial charge on any atom is -0.465 e. The molecule has 0 saturated heterocycles. The van der Waals surface area contributed by atoms with Crippen molar-refractivity contribution in [3.05, 3.63) is 65.2 Å². The third-order valence-corrected chi connectivity index (χ3v) is 7.06. The van der Waals surface area contributed by atoms with Gasteiger partial charge in [-0.25, -0.2) is 4.79 Å². The van der Waals surface area contributed by atoms with Gasteiger partial charge in [0.2, 0.25) is 0 Å². The molecule has 4 nitrogen and oxygen atoms in total. The molecule has 0 spiro atoms. The van der Waals surface area contributed by atoms with E-state index >= 15 is 0 Å². The minimum atomic E-state index is -0.336. The van der Waals surface area contributed by atoms with Gasteiger partial charge in [-0.1, -0.05) is 58.9 Å². The Hall–Kier alpha value is -2.88. The van der Waals surface area contributed by atoms with Crippen LogP contribution in [0, 0.1) is 5.92 Å². The molecule has 3 aromatic rings. The van der Waals surface area contributed by atoms with Crippen LogP contribution in [0.4, 0.5) is 0 Å². The number of esters is 1. The van der Waals surface area contributed by atoms with Crippen molar-refractivity contribution in [3.8, 4) is 22.5 Å². The summed E-state index contributed by atoms with van der Waals surface area (Å²) in [5, 5.41) is 7.67. The Morgan fingerprint density at radius 1 is 0.931 bits per heavy atom. The summed E-state index contributed by atoms with van der Waals surface area (Å²) in [7, 11) is 1.38. The highest BCUT2D eigenvalue weighted by Crippen LogP contribution is 2.54. The van der Waals surface area contributed by atoms with Crippen LogP contribution in [0.2, 0.25) is 0 Å². The van der Waals surface area contributed by atoms with Crippen LogP contribution in [0.3, 0.4) is 0 Å². The first kappa shape index (κ1) is 19.4. The van der Waals surface area contributed by atoms with Crippen LogP contribution in [0.25, 0.3) is 22.5 Å². The molecule has 0 saturated carbocycles. The maximum Gasteiger partial charge on any atom is 0.337 e. The molecule has 0 bridgehead atoms. The monoisotopic (exact) mass is 388 g/mol.